The number of rotatable bonds is 6. The quantitative estimate of drug-likeness (QED) is 0.662. The highest BCUT2D eigenvalue weighted by molar-refractivity contribution is 5.82. The van der Waals surface area contributed by atoms with Gasteiger partial charge < -0.3 is 15.7 Å². The van der Waals surface area contributed by atoms with Crippen LogP contribution in [-0.2, 0) is 9.59 Å². The summed E-state index contributed by atoms with van der Waals surface area (Å²) in [4.78, 5) is 22.8. The molecule has 18 heavy (non-hydrogen) atoms. The van der Waals surface area contributed by atoms with Crippen LogP contribution in [0.3, 0.4) is 0 Å². The van der Waals surface area contributed by atoms with E-state index in [1.165, 1.54) is 0 Å². The Morgan fingerprint density at radius 1 is 1.50 bits per heavy atom. The lowest BCUT2D eigenvalue weighted by Crippen LogP contribution is -2.49. The van der Waals surface area contributed by atoms with Crippen LogP contribution < -0.4 is 10.6 Å². The second-order valence-electron chi connectivity index (χ2n) is 5.42. The Hall–Kier alpha value is -1.10. The van der Waals surface area contributed by atoms with Crippen LogP contribution in [0.2, 0.25) is 0 Å². The summed E-state index contributed by atoms with van der Waals surface area (Å²) in [7, 11) is 0. The third-order valence-corrected chi connectivity index (χ3v) is 3.74. The number of nitrogens with one attached hydrogen (secondary N) is 2. The van der Waals surface area contributed by atoms with E-state index < -0.39 is 5.97 Å². The van der Waals surface area contributed by atoms with Crippen molar-refractivity contribution in [2.45, 2.75) is 39.5 Å². The van der Waals surface area contributed by atoms with Crippen molar-refractivity contribution in [2.24, 2.45) is 11.3 Å². The topological polar surface area (TPSA) is 78.4 Å². The molecule has 1 aliphatic heterocycles. The molecule has 3 N–H and O–H groups in total. The summed E-state index contributed by atoms with van der Waals surface area (Å²) in [6.45, 7) is 6.04. The van der Waals surface area contributed by atoms with E-state index >= 15 is 0 Å². The molecule has 1 amide bonds. The maximum Gasteiger partial charge on any atom is 0.303 e. The molecule has 104 valence electrons. The van der Waals surface area contributed by atoms with E-state index in [1.54, 1.807) is 0 Å². The first kappa shape index (κ1) is 15.0. The lowest BCUT2D eigenvalue weighted by atomic mass is 9.82. The molecule has 0 radical (unpaired) electrons. The fourth-order valence-electron chi connectivity index (χ4n) is 2.31. The maximum absolute atomic E-state index is 12.1. The van der Waals surface area contributed by atoms with Crippen LogP contribution in [0.25, 0.3) is 0 Å². The van der Waals surface area contributed by atoms with Gasteiger partial charge in [0.25, 0.3) is 0 Å². The minimum Gasteiger partial charge on any atom is -0.481 e. The minimum atomic E-state index is -0.804. The Bertz CT molecular complexity index is 299. The van der Waals surface area contributed by atoms with Gasteiger partial charge in [0.2, 0.25) is 5.91 Å². The highest BCUT2D eigenvalue weighted by atomic mass is 16.4. The summed E-state index contributed by atoms with van der Waals surface area (Å²) >= 11 is 0. The van der Waals surface area contributed by atoms with Gasteiger partial charge in [-0.3, -0.25) is 9.59 Å². The Morgan fingerprint density at radius 3 is 2.72 bits per heavy atom. The molecular formula is C13H24N2O3. The normalized spacial score (nSPS) is 25.4. The number of carbonyl (C=O) groups excluding carboxylic acids is 1. The summed E-state index contributed by atoms with van der Waals surface area (Å²) in [5.41, 5.74) is -0.347. The van der Waals surface area contributed by atoms with Crippen LogP contribution in [0.5, 0.6) is 0 Å². The molecule has 0 bridgehead atoms. The van der Waals surface area contributed by atoms with E-state index in [2.05, 4.69) is 10.6 Å². The molecule has 1 saturated heterocycles. The van der Waals surface area contributed by atoms with Gasteiger partial charge in [-0.2, -0.15) is 0 Å². The van der Waals surface area contributed by atoms with E-state index in [4.69, 9.17) is 5.11 Å². The molecular weight excluding hydrogens is 232 g/mol. The fourth-order valence-corrected chi connectivity index (χ4v) is 2.31. The van der Waals surface area contributed by atoms with Gasteiger partial charge in [0.05, 0.1) is 5.41 Å². The Morgan fingerprint density at radius 2 is 2.22 bits per heavy atom. The van der Waals surface area contributed by atoms with Crippen molar-refractivity contribution in [2.75, 3.05) is 19.6 Å². The van der Waals surface area contributed by atoms with Crippen molar-refractivity contribution in [3.63, 3.8) is 0 Å². The van der Waals surface area contributed by atoms with Crippen LogP contribution in [0.15, 0.2) is 0 Å². The summed E-state index contributed by atoms with van der Waals surface area (Å²) in [6.07, 6.45) is 2.78. The lowest BCUT2D eigenvalue weighted by Gasteiger charge is -2.33. The van der Waals surface area contributed by atoms with Crippen molar-refractivity contribution in [3.05, 3.63) is 0 Å². The fraction of sp³-hybridized carbons (Fsp3) is 0.846. The van der Waals surface area contributed by atoms with Crippen LogP contribution in [0, 0.1) is 11.3 Å². The highest BCUT2D eigenvalue weighted by Gasteiger charge is 2.34. The van der Waals surface area contributed by atoms with Gasteiger partial charge in [-0.15, -0.1) is 0 Å². The first-order valence-electron chi connectivity index (χ1n) is 6.69. The number of piperidine rings is 1. The first-order valence-corrected chi connectivity index (χ1v) is 6.69. The molecule has 2 atom stereocenters. The molecule has 2 unspecified atom stereocenters. The van der Waals surface area contributed by atoms with Crippen molar-refractivity contribution in [3.8, 4) is 0 Å². The van der Waals surface area contributed by atoms with Crippen molar-refractivity contribution in [1.29, 1.82) is 0 Å². The van der Waals surface area contributed by atoms with E-state index in [0.29, 0.717) is 13.1 Å². The zero-order valence-electron chi connectivity index (χ0n) is 11.3. The van der Waals surface area contributed by atoms with Crippen molar-refractivity contribution in [1.82, 2.24) is 10.6 Å². The molecule has 0 aromatic rings. The minimum absolute atomic E-state index is 0.0200. The molecule has 1 rings (SSSR count). The standard InChI is InChI=1S/C13H24N2O3/c1-3-10(7-11(16)17)8-15-12(18)13(2)5-4-6-14-9-13/h10,14H,3-9H2,1-2H3,(H,15,18)(H,16,17). The van der Waals surface area contributed by atoms with Gasteiger partial charge in [0.1, 0.15) is 0 Å². The molecule has 1 heterocycles. The van der Waals surface area contributed by atoms with Gasteiger partial charge in [-0.05, 0) is 32.2 Å². The van der Waals surface area contributed by atoms with E-state index in [1.807, 2.05) is 13.8 Å². The van der Waals surface area contributed by atoms with Crippen LogP contribution in [0.1, 0.15) is 39.5 Å². The van der Waals surface area contributed by atoms with E-state index in [-0.39, 0.29) is 23.7 Å². The maximum atomic E-state index is 12.1. The van der Waals surface area contributed by atoms with E-state index in [0.717, 1.165) is 25.8 Å². The monoisotopic (exact) mass is 256 g/mol. The SMILES string of the molecule is CCC(CNC(=O)C1(C)CCCNC1)CC(=O)O. The number of hydrogen-bond donors (Lipinski definition) is 3. The average Bonchev–Trinajstić information content (AvgIpc) is 2.34. The zero-order chi connectivity index (χ0) is 13.6. The average molecular weight is 256 g/mol. The molecule has 0 aromatic carbocycles. The number of aliphatic carboxylic acids is 1. The van der Waals surface area contributed by atoms with Crippen LogP contribution >= 0.6 is 0 Å². The number of hydrogen-bond acceptors (Lipinski definition) is 3. The summed E-state index contributed by atoms with van der Waals surface area (Å²) in [6, 6.07) is 0. The predicted molar refractivity (Wildman–Crippen MR) is 69.3 cm³/mol. The summed E-state index contributed by atoms with van der Waals surface area (Å²) in [5.74, 6) is -0.744. The molecule has 5 nitrogen and oxygen atoms in total. The molecule has 5 heteroatoms. The Balaban J connectivity index is 2.41. The smallest absolute Gasteiger partial charge is 0.303 e. The Kier molecular flexibility index (Phi) is 5.59. The lowest BCUT2D eigenvalue weighted by molar-refractivity contribution is -0.138. The molecule has 0 spiro atoms. The highest BCUT2D eigenvalue weighted by Crippen LogP contribution is 2.25. The molecule has 1 aliphatic rings. The summed E-state index contributed by atoms with van der Waals surface area (Å²) < 4.78 is 0. The van der Waals surface area contributed by atoms with Crippen molar-refractivity contribution >= 4 is 11.9 Å². The van der Waals surface area contributed by atoms with Gasteiger partial charge >= 0.3 is 5.97 Å². The van der Waals surface area contributed by atoms with Gasteiger partial charge in [0.15, 0.2) is 0 Å². The number of carboxylic acids is 1. The second kappa shape index (κ2) is 6.73. The van der Waals surface area contributed by atoms with Gasteiger partial charge in [-0.1, -0.05) is 13.3 Å². The molecule has 0 saturated carbocycles. The third-order valence-electron chi connectivity index (χ3n) is 3.74. The number of carboxylic acid groups (broad SMARTS) is 1. The second-order valence-corrected chi connectivity index (χ2v) is 5.42. The van der Waals surface area contributed by atoms with Crippen molar-refractivity contribution < 1.29 is 14.7 Å². The Labute approximate surface area is 108 Å². The zero-order valence-corrected chi connectivity index (χ0v) is 11.3. The summed E-state index contributed by atoms with van der Waals surface area (Å²) in [5, 5.41) is 14.9. The third kappa shape index (κ3) is 4.29. The van der Waals surface area contributed by atoms with Gasteiger partial charge in [-0.25, -0.2) is 0 Å². The number of amides is 1. The predicted octanol–water partition coefficient (Wildman–Crippen LogP) is 0.993. The van der Waals surface area contributed by atoms with Gasteiger partial charge in [0, 0.05) is 19.5 Å². The van der Waals surface area contributed by atoms with Crippen LogP contribution in [0.4, 0.5) is 0 Å². The largest absolute Gasteiger partial charge is 0.481 e. The molecule has 1 fully saturated rings. The first-order chi connectivity index (χ1) is 8.48. The van der Waals surface area contributed by atoms with E-state index in [9.17, 15) is 9.59 Å². The molecule has 0 aliphatic carbocycles. The van der Waals surface area contributed by atoms with Crippen LogP contribution in [-0.4, -0.2) is 36.6 Å². The number of carbonyl (C=O) groups is 2. The molecule has 0 aromatic heterocycles.